The van der Waals surface area contributed by atoms with Crippen molar-refractivity contribution in [3.05, 3.63) is 88.8 Å². The van der Waals surface area contributed by atoms with E-state index in [1.165, 1.54) is 0 Å². The van der Waals surface area contributed by atoms with Gasteiger partial charge in [0, 0.05) is 40.3 Å². The number of methoxy groups -OCH3 is 2. The van der Waals surface area contributed by atoms with Crippen LogP contribution in [0.1, 0.15) is 38.8 Å². The number of Topliss-reactive ketones (excluding diaryl/α,β-unsaturated/α-hetero) is 2. The lowest BCUT2D eigenvalue weighted by atomic mass is 10.1. The van der Waals surface area contributed by atoms with Crippen LogP contribution < -0.4 is 18.9 Å². The van der Waals surface area contributed by atoms with Gasteiger partial charge in [0.2, 0.25) is 5.78 Å². The van der Waals surface area contributed by atoms with Gasteiger partial charge in [0.1, 0.15) is 23.0 Å². The van der Waals surface area contributed by atoms with Gasteiger partial charge in [-0.1, -0.05) is 0 Å². The fourth-order valence-corrected chi connectivity index (χ4v) is 4.48. The summed E-state index contributed by atoms with van der Waals surface area (Å²) in [5.74, 6) is 2.23. The van der Waals surface area contributed by atoms with Crippen LogP contribution in [0.3, 0.4) is 0 Å². The lowest BCUT2D eigenvalue weighted by molar-refractivity contribution is 0.0920. The average Bonchev–Trinajstić information content (AvgIpc) is 3.45. The maximum Gasteiger partial charge on any atom is 0.231 e. The number of hydrogen-bond donors (Lipinski definition) is 0. The van der Waals surface area contributed by atoms with Crippen LogP contribution in [0.2, 0.25) is 0 Å². The lowest BCUT2D eigenvalue weighted by Gasteiger charge is -2.11. The molecule has 0 unspecified atom stereocenters. The van der Waals surface area contributed by atoms with Crippen LogP contribution in [0.4, 0.5) is 0 Å². The predicted octanol–water partition coefficient (Wildman–Crippen LogP) is 5.86. The third-order valence-corrected chi connectivity index (χ3v) is 6.55. The van der Waals surface area contributed by atoms with Crippen molar-refractivity contribution in [2.45, 2.75) is 20.4 Å². The molecular weight excluding hydrogens is 470 g/mol. The molecule has 1 aliphatic heterocycles. The fraction of sp³-hybridized carbons (Fsp3) is 0.200. The van der Waals surface area contributed by atoms with Gasteiger partial charge < -0.3 is 23.5 Å². The van der Waals surface area contributed by atoms with E-state index in [9.17, 15) is 9.59 Å². The molecule has 0 spiro atoms. The van der Waals surface area contributed by atoms with Gasteiger partial charge in [0.05, 0.1) is 19.8 Å². The number of aryl methyl sites for hydroxylation is 1. The molecule has 0 bridgehead atoms. The summed E-state index contributed by atoms with van der Waals surface area (Å²) in [6, 6.07) is 16.1. The van der Waals surface area contributed by atoms with Gasteiger partial charge in [-0.2, -0.15) is 0 Å². The molecule has 5 rings (SSSR count). The monoisotopic (exact) mass is 497 g/mol. The third kappa shape index (κ3) is 4.44. The summed E-state index contributed by atoms with van der Waals surface area (Å²) < 4.78 is 24.5. The fourth-order valence-electron chi connectivity index (χ4n) is 4.48. The first-order chi connectivity index (χ1) is 17.9. The highest BCUT2D eigenvalue weighted by Gasteiger charge is 2.30. The lowest BCUT2D eigenvalue weighted by Crippen LogP contribution is -2.12. The molecule has 7 heteroatoms. The van der Waals surface area contributed by atoms with Crippen molar-refractivity contribution in [1.29, 1.82) is 0 Å². The largest absolute Gasteiger partial charge is 0.497 e. The number of carbonyl (C=O) groups excluding carboxylic acids is 2. The molecule has 0 aliphatic carbocycles. The number of benzene rings is 3. The van der Waals surface area contributed by atoms with Crippen LogP contribution in [0, 0.1) is 6.92 Å². The Bertz CT molecular complexity index is 1540. The van der Waals surface area contributed by atoms with E-state index in [1.807, 2.05) is 31.3 Å². The van der Waals surface area contributed by atoms with Crippen molar-refractivity contribution in [3.63, 3.8) is 0 Å². The minimum atomic E-state index is -0.195. The van der Waals surface area contributed by atoms with Gasteiger partial charge in [-0.3, -0.25) is 9.59 Å². The minimum Gasteiger partial charge on any atom is -0.497 e. The second kappa shape index (κ2) is 9.85. The summed E-state index contributed by atoms with van der Waals surface area (Å²) in [5.41, 5.74) is 3.57. The molecule has 0 atom stereocenters. The van der Waals surface area contributed by atoms with Crippen LogP contribution in [-0.2, 0) is 6.54 Å². The molecule has 2 heterocycles. The number of rotatable bonds is 8. The van der Waals surface area contributed by atoms with Crippen molar-refractivity contribution in [2.24, 2.45) is 0 Å². The molecule has 188 valence electrons. The van der Waals surface area contributed by atoms with E-state index in [4.69, 9.17) is 18.9 Å². The Morgan fingerprint density at radius 2 is 1.73 bits per heavy atom. The Morgan fingerprint density at radius 1 is 1.00 bits per heavy atom. The highest BCUT2D eigenvalue weighted by molar-refractivity contribution is 6.15. The SMILES string of the molecule is CCn1cc(/C=C2\Oc3c(ccc(OCC(=O)c4ccc(OC)cc4)c3C)C2=O)c2cc(OC)ccc21. The number of fused-ring (bicyclic) bond motifs is 2. The summed E-state index contributed by atoms with van der Waals surface area (Å²) in [4.78, 5) is 25.8. The zero-order valence-corrected chi connectivity index (χ0v) is 21.2. The molecule has 0 amide bonds. The average molecular weight is 498 g/mol. The first-order valence-corrected chi connectivity index (χ1v) is 12.0. The Kier molecular flexibility index (Phi) is 6.44. The predicted molar refractivity (Wildman–Crippen MR) is 141 cm³/mol. The molecule has 0 saturated heterocycles. The van der Waals surface area contributed by atoms with E-state index in [0.717, 1.165) is 28.8 Å². The van der Waals surface area contributed by atoms with Crippen molar-refractivity contribution in [2.75, 3.05) is 20.8 Å². The van der Waals surface area contributed by atoms with Crippen LogP contribution >= 0.6 is 0 Å². The number of ether oxygens (including phenoxy) is 4. The Hall–Kier alpha value is -4.52. The summed E-state index contributed by atoms with van der Waals surface area (Å²) in [6.07, 6.45) is 3.77. The van der Waals surface area contributed by atoms with Crippen LogP contribution in [0.5, 0.6) is 23.0 Å². The quantitative estimate of drug-likeness (QED) is 0.224. The Morgan fingerprint density at radius 3 is 2.43 bits per heavy atom. The molecule has 0 N–H and O–H groups in total. The van der Waals surface area contributed by atoms with Crippen LogP contribution in [0.25, 0.3) is 17.0 Å². The number of carbonyl (C=O) groups is 2. The van der Waals surface area contributed by atoms with E-state index < -0.39 is 0 Å². The molecule has 7 nitrogen and oxygen atoms in total. The second-order valence-corrected chi connectivity index (χ2v) is 8.70. The van der Waals surface area contributed by atoms with E-state index in [2.05, 4.69) is 11.5 Å². The minimum absolute atomic E-state index is 0.138. The van der Waals surface area contributed by atoms with Crippen molar-refractivity contribution in [1.82, 2.24) is 4.57 Å². The first kappa shape index (κ1) is 24.2. The molecule has 1 aromatic heterocycles. The summed E-state index contributed by atoms with van der Waals surface area (Å²) >= 11 is 0. The van der Waals surface area contributed by atoms with E-state index in [1.54, 1.807) is 56.7 Å². The molecule has 37 heavy (non-hydrogen) atoms. The molecule has 0 fully saturated rings. The van der Waals surface area contributed by atoms with E-state index in [-0.39, 0.29) is 23.9 Å². The molecule has 3 aromatic carbocycles. The standard InChI is InChI=1S/C30H27NO6/c1-5-31-16-20(24-15-22(35-4)10-12-25(24)31)14-28-29(33)23-11-13-27(18(2)30(23)37-28)36-17-26(32)19-6-8-21(34-3)9-7-19/h6-16H,5,17H2,1-4H3/b28-14-. The number of allylic oxidation sites excluding steroid dienone is 1. The molecular formula is C30H27NO6. The van der Waals surface area contributed by atoms with Crippen molar-refractivity contribution < 1.29 is 28.5 Å². The van der Waals surface area contributed by atoms with Crippen LogP contribution in [0.15, 0.2) is 66.6 Å². The molecule has 4 aromatic rings. The van der Waals surface area contributed by atoms with Crippen molar-refractivity contribution >= 4 is 28.5 Å². The highest BCUT2D eigenvalue weighted by atomic mass is 16.5. The number of aromatic nitrogens is 1. The highest BCUT2D eigenvalue weighted by Crippen LogP contribution is 2.40. The smallest absolute Gasteiger partial charge is 0.231 e. The normalized spacial score (nSPS) is 13.5. The summed E-state index contributed by atoms with van der Waals surface area (Å²) in [7, 11) is 3.20. The zero-order chi connectivity index (χ0) is 26.1. The first-order valence-electron chi connectivity index (χ1n) is 12.0. The molecule has 0 saturated carbocycles. The number of nitrogens with zero attached hydrogens (tertiary/aromatic N) is 1. The second-order valence-electron chi connectivity index (χ2n) is 8.70. The Balaban J connectivity index is 1.39. The number of ketones is 2. The summed E-state index contributed by atoms with van der Waals surface area (Å²) in [6.45, 7) is 4.53. The maximum absolute atomic E-state index is 13.2. The van der Waals surface area contributed by atoms with Gasteiger partial charge in [-0.15, -0.1) is 0 Å². The third-order valence-electron chi connectivity index (χ3n) is 6.55. The van der Waals surface area contributed by atoms with Gasteiger partial charge in [0.25, 0.3) is 0 Å². The van der Waals surface area contributed by atoms with E-state index in [0.29, 0.717) is 33.9 Å². The topological polar surface area (TPSA) is 76.0 Å². The van der Waals surface area contributed by atoms with Gasteiger partial charge in [0.15, 0.2) is 18.1 Å². The van der Waals surface area contributed by atoms with Gasteiger partial charge in [-0.05, 0) is 74.5 Å². The van der Waals surface area contributed by atoms with Crippen LogP contribution in [-0.4, -0.2) is 37.0 Å². The summed E-state index contributed by atoms with van der Waals surface area (Å²) in [5, 5.41) is 0.971. The maximum atomic E-state index is 13.2. The zero-order valence-electron chi connectivity index (χ0n) is 21.2. The number of hydrogen-bond acceptors (Lipinski definition) is 6. The molecule has 0 radical (unpaired) electrons. The van der Waals surface area contributed by atoms with Gasteiger partial charge in [-0.25, -0.2) is 0 Å². The molecule has 1 aliphatic rings. The Labute approximate surface area is 214 Å². The van der Waals surface area contributed by atoms with E-state index >= 15 is 0 Å². The van der Waals surface area contributed by atoms with Crippen molar-refractivity contribution in [3.8, 4) is 23.0 Å². The van der Waals surface area contributed by atoms with Gasteiger partial charge >= 0.3 is 0 Å².